The van der Waals surface area contributed by atoms with Crippen molar-refractivity contribution in [3.8, 4) is 0 Å². The molecule has 1 aromatic heterocycles. The Morgan fingerprint density at radius 1 is 1.88 bits per heavy atom. The number of carbonyl (C=O) groups is 1. The summed E-state index contributed by atoms with van der Waals surface area (Å²) < 4.78 is 4.40. The Morgan fingerprint density at radius 2 is 2.62 bits per heavy atom. The van der Waals surface area contributed by atoms with Crippen LogP contribution in [0.5, 0.6) is 0 Å². The summed E-state index contributed by atoms with van der Waals surface area (Å²) in [6.45, 7) is 1.44. The molecule has 0 radical (unpaired) electrons. The lowest BCUT2D eigenvalue weighted by Gasteiger charge is -1.76. The average Bonchev–Trinajstić information content (AvgIpc) is 2.12. The summed E-state index contributed by atoms with van der Waals surface area (Å²) in [5.74, 6) is -0.0706. The number of carbonyl (C=O) groups excluding carboxylic acids is 1. The predicted molar refractivity (Wildman–Crippen MR) is 26.5 cm³/mol. The van der Waals surface area contributed by atoms with Gasteiger partial charge in [0, 0.05) is 13.0 Å². The Labute approximate surface area is 46.3 Å². The van der Waals surface area contributed by atoms with Crippen molar-refractivity contribution < 1.29 is 9.32 Å². The van der Waals surface area contributed by atoms with Gasteiger partial charge in [-0.05, 0) is 0 Å². The van der Waals surface area contributed by atoms with Gasteiger partial charge in [-0.25, -0.2) is 0 Å². The quantitative estimate of drug-likeness (QED) is 0.505. The first-order chi connectivity index (χ1) is 3.80. The summed E-state index contributed by atoms with van der Waals surface area (Å²) >= 11 is 0. The molecule has 0 atom stereocenters. The second-order valence-electron chi connectivity index (χ2n) is 1.44. The van der Waals surface area contributed by atoms with Crippen molar-refractivity contribution in [2.24, 2.45) is 0 Å². The maximum atomic E-state index is 10.4. The van der Waals surface area contributed by atoms with Crippen molar-refractivity contribution >= 4 is 5.78 Å². The monoisotopic (exact) mass is 111 g/mol. The molecule has 3 heteroatoms. The molecule has 8 heavy (non-hydrogen) atoms. The van der Waals surface area contributed by atoms with E-state index in [1.807, 2.05) is 0 Å². The van der Waals surface area contributed by atoms with E-state index in [1.54, 1.807) is 0 Å². The fourth-order valence-electron chi connectivity index (χ4n) is 0.394. The van der Waals surface area contributed by atoms with Crippen molar-refractivity contribution in [2.75, 3.05) is 0 Å². The number of ketones is 1. The molecule has 1 rings (SSSR count). The normalized spacial score (nSPS) is 9.12. The van der Waals surface area contributed by atoms with Crippen molar-refractivity contribution in [3.63, 3.8) is 0 Å². The van der Waals surface area contributed by atoms with E-state index in [2.05, 4.69) is 9.68 Å². The highest BCUT2D eigenvalue weighted by Crippen LogP contribution is 1.93. The van der Waals surface area contributed by atoms with Crippen LogP contribution < -0.4 is 0 Å². The molecule has 42 valence electrons. The molecule has 3 nitrogen and oxygen atoms in total. The first-order valence-electron chi connectivity index (χ1n) is 2.22. The first kappa shape index (κ1) is 5.03. The summed E-state index contributed by atoms with van der Waals surface area (Å²) in [4.78, 5) is 10.4. The van der Waals surface area contributed by atoms with E-state index in [4.69, 9.17) is 0 Å². The van der Waals surface area contributed by atoms with Gasteiger partial charge in [0.2, 0.25) is 0 Å². The largest absolute Gasteiger partial charge is 0.364 e. The van der Waals surface area contributed by atoms with Crippen LogP contribution in [0.2, 0.25) is 0 Å². The topological polar surface area (TPSA) is 43.1 Å². The van der Waals surface area contributed by atoms with Crippen LogP contribution in [0.1, 0.15) is 17.4 Å². The minimum Gasteiger partial charge on any atom is -0.364 e. The zero-order chi connectivity index (χ0) is 5.98. The van der Waals surface area contributed by atoms with Gasteiger partial charge in [-0.1, -0.05) is 5.16 Å². The molecule has 0 bridgehead atoms. The van der Waals surface area contributed by atoms with Gasteiger partial charge in [-0.2, -0.15) is 0 Å². The lowest BCUT2D eigenvalue weighted by atomic mass is 10.3. The molecule has 0 amide bonds. The molecule has 0 spiro atoms. The van der Waals surface area contributed by atoms with Crippen LogP contribution in [0.25, 0.3) is 0 Å². The van der Waals surface area contributed by atoms with Crippen molar-refractivity contribution in [1.29, 1.82) is 0 Å². The van der Waals surface area contributed by atoms with E-state index in [0.717, 1.165) is 0 Å². The van der Waals surface area contributed by atoms with Crippen LogP contribution in [0, 0.1) is 0 Å². The Balaban J connectivity index is 2.93. The lowest BCUT2D eigenvalue weighted by molar-refractivity contribution is 0.100. The highest BCUT2D eigenvalue weighted by atomic mass is 16.5. The molecule has 1 aromatic rings. The molecular formula is C5H5NO2. The van der Waals surface area contributed by atoms with Crippen molar-refractivity contribution in [3.05, 3.63) is 18.0 Å². The van der Waals surface area contributed by atoms with Crippen LogP contribution in [0.15, 0.2) is 16.9 Å². The number of hydrogen-bond donors (Lipinski definition) is 0. The Hall–Kier alpha value is -1.12. The zero-order valence-corrected chi connectivity index (χ0v) is 4.42. The van der Waals surface area contributed by atoms with Gasteiger partial charge < -0.3 is 4.52 Å². The van der Waals surface area contributed by atoms with Gasteiger partial charge in [-0.3, -0.25) is 4.79 Å². The van der Waals surface area contributed by atoms with E-state index in [1.165, 1.54) is 19.3 Å². The fourth-order valence-corrected chi connectivity index (χ4v) is 0.394. The van der Waals surface area contributed by atoms with Crippen molar-refractivity contribution in [2.45, 2.75) is 6.92 Å². The Morgan fingerprint density at radius 3 is 2.88 bits per heavy atom. The predicted octanol–water partition coefficient (Wildman–Crippen LogP) is 0.877. The molecule has 0 saturated heterocycles. The van der Waals surface area contributed by atoms with Gasteiger partial charge in [-0.15, -0.1) is 0 Å². The molecule has 0 fully saturated rings. The lowest BCUT2D eigenvalue weighted by Crippen LogP contribution is -1.89. The number of rotatable bonds is 1. The highest BCUT2D eigenvalue weighted by Gasteiger charge is 1.98. The number of nitrogens with zero attached hydrogens (tertiary/aromatic N) is 1. The second kappa shape index (κ2) is 1.78. The molecule has 0 aliphatic heterocycles. The SMILES string of the molecule is CC(=O)c1ccon1. The third kappa shape index (κ3) is 0.753. The summed E-state index contributed by atoms with van der Waals surface area (Å²) in [6.07, 6.45) is 1.37. The fraction of sp³-hybridized carbons (Fsp3) is 0.200. The van der Waals surface area contributed by atoms with Crippen LogP contribution in [-0.4, -0.2) is 10.9 Å². The zero-order valence-electron chi connectivity index (χ0n) is 4.42. The Kier molecular flexibility index (Phi) is 1.12. The third-order valence-electron chi connectivity index (χ3n) is 0.799. The Bertz CT molecular complexity index is 178. The number of aromatic nitrogens is 1. The smallest absolute Gasteiger partial charge is 0.181 e. The summed E-state index contributed by atoms with van der Waals surface area (Å²) in [6, 6.07) is 1.53. The van der Waals surface area contributed by atoms with Gasteiger partial charge >= 0.3 is 0 Å². The van der Waals surface area contributed by atoms with Crippen LogP contribution in [-0.2, 0) is 0 Å². The molecule has 0 aliphatic carbocycles. The van der Waals surface area contributed by atoms with E-state index in [-0.39, 0.29) is 5.78 Å². The van der Waals surface area contributed by atoms with E-state index in [9.17, 15) is 4.79 Å². The summed E-state index contributed by atoms with van der Waals surface area (Å²) in [5.41, 5.74) is 0.380. The van der Waals surface area contributed by atoms with E-state index >= 15 is 0 Å². The minimum atomic E-state index is -0.0706. The highest BCUT2D eigenvalue weighted by molar-refractivity contribution is 5.91. The second-order valence-corrected chi connectivity index (χ2v) is 1.44. The third-order valence-corrected chi connectivity index (χ3v) is 0.799. The maximum Gasteiger partial charge on any atom is 0.181 e. The molecule has 0 aliphatic rings. The number of hydrogen-bond acceptors (Lipinski definition) is 3. The van der Waals surface area contributed by atoms with Crippen LogP contribution in [0.4, 0.5) is 0 Å². The first-order valence-corrected chi connectivity index (χ1v) is 2.22. The van der Waals surface area contributed by atoms with Gasteiger partial charge in [0.25, 0.3) is 0 Å². The van der Waals surface area contributed by atoms with E-state index < -0.39 is 0 Å². The molecule has 0 unspecified atom stereocenters. The molecular weight excluding hydrogens is 106 g/mol. The number of Topliss-reactive ketones (excluding diaryl/α,β-unsaturated/α-hetero) is 1. The summed E-state index contributed by atoms with van der Waals surface area (Å²) in [7, 11) is 0. The standard InChI is InChI=1S/C5H5NO2/c1-4(7)5-2-3-8-6-5/h2-3H,1H3. The van der Waals surface area contributed by atoms with Crippen molar-refractivity contribution in [1.82, 2.24) is 5.16 Å². The molecule has 0 saturated carbocycles. The molecule has 0 aromatic carbocycles. The van der Waals surface area contributed by atoms with Gasteiger partial charge in [0.15, 0.2) is 5.78 Å². The molecule has 1 heterocycles. The summed E-state index contributed by atoms with van der Waals surface area (Å²) in [5, 5.41) is 3.39. The molecule has 0 N–H and O–H groups in total. The van der Waals surface area contributed by atoms with Gasteiger partial charge in [0.05, 0.1) is 0 Å². The average molecular weight is 111 g/mol. The van der Waals surface area contributed by atoms with Crippen LogP contribution in [0.3, 0.4) is 0 Å². The maximum absolute atomic E-state index is 10.4. The van der Waals surface area contributed by atoms with Gasteiger partial charge in [0.1, 0.15) is 12.0 Å². The van der Waals surface area contributed by atoms with E-state index in [0.29, 0.717) is 5.69 Å². The minimum absolute atomic E-state index is 0.0706. The van der Waals surface area contributed by atoms with Crippen LogP contribution >= 0.6 is 0 Å².